The second-order valence-electron chi connectivity index (χ2n) is 3.44. The Morgan fingerprint density at radius 3 is 1.84 bits per heavy atom. The van der Waals surface area contributed by atoms with Crippen molar-refractivity contribution in [3.05, 3.63) is 24.3 Å². The number of halogens is 4. The highest BCUT2D eigenvalue weighted by molar-refractivity contribution is 5.96. The van der Waals surface area contributed by atoms with Gasteiger partial charge in [-0.2, -0.15) is 8.78 Å². The Kier molecular flexibility index (Phi) is 4.30. The summed E-state index contributed by atoms with van der Waals surface area (Å²) in [5.41, 5.74) is 4.96. The van der Waals surface area contributed by atoms with Gasteiger partial charge < -0.3 is 16.4 Å². The van der Waals surface area contributed by atoms with Crippen molar-refractivity contribution in [3.63, 3.8) is 0 Å². The van der Waals surface area contributed by atoms with E-state index in [9.17, 15) is 27.2 Å². The van der Waals surface area contributed by atoms with Crippen LogP contribution < -0.4 is 16.4 Å². The van der Waals surface area contributed by atoms with E-state index in [0.717, 1.165) is 12.1 Å². The number of rotatable bonds is 4. The van der Waals surface area contributed by atoms with Crippen LogP contribution in [0.25, 0.3) is 0 Å². The van der Waals surface area contributed by atoms with Crippen LogP contribution >= 0.6 is 0 Å². The van der Waals surface area contributed by atoms with Crippen LogP contribution in [0.1, 0.15) is 0 Å². The molecule has 19 heavy (non-hydrogen) atoms. The Labute approximate surface area is 104 Å². The predicted octanol–water partition coefficient (Wildman–Crippen LogP) is 2.02. The summed E-state index contributed by atoms with van der Waals surface area (Å²) < 4.78 is 49.1. The number of carbonyl (C=O) groups excluding carboxylic acids is 2. The van der Waals surface area contributed by atoms with E-state index in [1.165, 1.54) is 12.1 Å². The molecule has 0 spiro atoms. The molecule has 1 rings (SSSR count). The largest absolute Gasteiger partial charge is 0.383 e. The van der Waals surface area contributed by atoms with Crippen molar-refractivity contribution in [2.45, 2.75) is 12.3 Å². The Morgan fingerprint density at radius 2 is 1.47 bits per heavy atom. The maximum Gasteiger partial charge on any atom is 0.383 e. The van der Waals surface area contributed by atoms with Crippen LogP contribution in [0.5, 0.6) is 0 Å². The van der Waals surface area contributed by atoms with Gasteiger partial charge in [0, 0.05) is 11.4 Å². The summed E-state index contributed by atoms with van der Waals surface area (Å²) in [7, 11) is 0. The molecule has 9 heteroatoms. The van der Waals surface area contributed by atoms with Gasteiger partial charge in [0.05, 0.1) is 0 Å². The molecule has 0 heterocycles. The molecule has 0 unspecified atom stereocenters. The first-order valence-corrected chi connectivity index (χ1v) is 4.87. The summed E-state index contributed by atoms with van der Waals surface area (Å²) in [6.07, 6.45) is -4.09. The molecule has 3 amide bonds. The van der Waals surface area contributed by atoms with Crippen LogP contribution in [-0.2, 0) is 4.79 Å². The summed E-state index contributed by atoms with van der Waals surface area (Å²) in [5.74, 6) is -6.89. The van der Waals surface area contributed by atoms with Gasteiger partial charge in [-0.15, -0.1) is 0 Å². The maximum atomic E-state index is 12.6. The van der Waals surface area contributed by atoms with E-state index in [1.807, 2.05) is 0 Å². The SMILES string of the molecule is NC(=O)Nc1ccc(NC(=O)C(F)(F)C(F)F)cc1. The lowest BCUT2D eigenvalue weighted by molar-refractivity contribution is -0.163. The molecule has 0 aliphatic heterocycles. The number of carbonyl (C=O) groups is 2. The third kappa shape index (κ3) is 3.83. The highest BCUT2D eigenvalue weighted by Gasteiger charge is 2.48. The molecule has 0 saturated heterocycles. The van der Waals surface area contributed by atoms with Gasteiger partial charge in [-0.25, -0.2) is 13.6 Å². The van der Waals surface area contributed by atoms with Crippen molar-refractivity contribution >= 4 is 23.3 Å². The first-order chi connectivity index (χ1) is 8.73. The van der Waals surface area contributed by atoms with E-state index in [0.29, 0.717) is 0 Å². The Bertz CT molecular complexity index is 476. The van der Waals surface area contributed by atoms with Crippen molar-refractivity contribution in [2.75, 3.05) is 10.6 Å². The number of nitrogens with one attached hydrogen (secondary N) is 2. The van der Waals surface area contributed by atoms with Crippen molar-refractivity contribution in [1.82, 2.24) is 0 Å². The van der Waals surface area contributed by atoms with E-state index in [4.69, 9.17) is 5.73 Å². The average Bonchev–Trinajstić information content (AvgIpc) is 2.30. The molecular weight excluding hydrogens is 270 g/mol. The fourth-order valence-corrected chi connectivity index (χ4v) is 1.09. The first-order valence-electron chi connectivity index (χ1n) is 4.87. The van der Waals surface area contributed by atoms with E-state index < -0.39 is 24.3 Å². The molecule has 0 radical (unpaired) electrons. The van der Waals surface area contributed by atoms with E-state index in [1.54, 1.807) is 5.32 Å². The predicted molar refractivity (Wildman–Crippen MR) is 59.2 cm³/mol. The molecular formula is C10H9F4N3O2. The average molecular weight is 279 g/mol. The van der Waals surface area contributed by atoms with Crippen molar-refractivity contribution in [3.8, 4) is 0 Å². The third-order valence-corrected chi connectivity index (χ3v) is 1.99. The molecule has 0 aromatic heterocycles. The van der Waals surface area contributed by atoms with Crippen LogP contribution in [0.2, 0.25) is 0 Å². The van der Waals surface area contributed by atoms with Crippen LogP contribution in [-0.4, -0.2) is 24.3 Å². The summed E-state index contributed by atoms with van der Waals surface area (Å²) in [6.45, 7) is 0. The van der Waals surface area contributed by atoms with Gasteiger partial charge in [0.25, 0.3) is 0 Å². The molecule has 104 valence electrons. The quantitative estimate of drug-likeness (QED) is 0.737. The third-order valence-electron chi connectivity index (χ3n) is 1.99. The van der Waals surface area contributed by atoms with Gasteiger partial charge in [0.2, 0.25) is 0 Å². The zero-order valence-corrected chi connectivity index (χ0v) is 9.29. The number of hydrogen-bond acceptors (Lipinski definition) is 2. The van der Waals surface area contributed by atoms with Gasteiger partial charge in [0.15, 0.2) is 0 Å². The molecule has 0 atom stereocenters. The van der Waals surface area contributed by atoms with Gasteiger partial charge in [-0.1, -0.05) is 0 Å². The highest BCUT2D eigenvalue weighted by Crippen LogP contribution is 2.25. The number of benzene rings is 1. The van der Waals surface area contributed by atoms with Crippen molar-refractivity contribution in [2.24, 2.45) is 5.73 Å². The van der Waals surface area contributed by atoms with Crippen molar-refractivity contribution in [1.29, 1.82) is 0 Å². The normalized spacial score (nSPS) is 11.2. The molecule has 5 nitrogen and oxygen atoms in total. The summed E-state index contributed by atoms with van der Waals surface area (Å²) in [6, 6.07) is 3.96. The first kappa shape index (κ1) is 14.7. The van der Waals surface area contributed by atoms with Crippen molar-refractivity contribution < 1.29 is 27.2 Å². The number of nitrogens with two attached hydrogens (primary N) is 1. The summed E-state index contributed by atoms with van der Waals surface area (Å²) in [5, 5.41) is 3.82. The molecule has 0 aliphatic carbocycles. The Balaban J connectivity index is 2.73. The van der Waals surface area contributed by atoms with Crippen LogP contribution in [0, 0.1) is 0 Å². The smallest absolute Gasteiger partial charge is 0.351 e. The lowest BCUT2D eigenvalue weighted by atomic mass is 10.2. The molecule has 1 aromatic rings. The fraction of sp³-hybridized carbons (Fsp3) is 0.200. The highest BCUT2D eigenvalue weighted by atomic mass is 19.3. The number of primary amides is 1. The number of alkyl halides is 4. The fourth-order valence-electron chi connectivity index (χ4n) is 1.09. The van der Waals surface area contributed by atoms with E-state index >= 15 is 0 Å². The minimum atomic E-state index is -4.77. The van der Waals surface area contributed by atoms with E-state index in [-0.39, 0.29) is 11.4 Å². The van der Waals surface area contributed by atoms with Crippen LogP contribution in [0.3, 0.4) is 0 Å². The molecule has 4 N–H and O–H groups in total. The van der Waals surface area contributed by atoms with Gasteiger partial charge in [-0.3, -0.25) is 4.79 Å². The number of anilines is 2. The summed E-state index contributed by atoms with van der Waals surface area (Å²) in [4.78, 5) is 21.4. The lowest BCUT2D eigenvalue weighted by Gasteiger charge is -2.14. The number of urea groups is 1. The van der Waals surface area contributed by atoms with Gasteiger partial charge in [0.1, 0.15) is 0 Å². The van der Waals surface area contributed by atoms with Gasteiger partial charge in [-0.05, 0) is 24.3 Å². The van der Waals surface area contributed by atoms with Crippen LogP contribution in [0.15, 0.2) is 24.3 Å². The lowest BCUT2D eigenvalue weighted by Crippen LogP contribution is -2.40. The van der Waals surface area contributed by atoms with Crippen LogP contribution in [0.4, 0.5) is 33.7 Å². The monoisotopic (exact) mass is 279 g/mol. The Morgan fingerprint density at radius 1 is 1.05 bits per heavy atom. The topological polar surface area (TPSA) is 84.2 Å². The zero-order chi connectivity index (χ0) is 14.6. The molecule has 0 saturated carbocycles. The molecule has 0 fully saturated rings. The van der Waals surface area contributed by atoms with E-state index in [2.05, 4.69) is 5.32 Å². The molecule has 0 bridgehead atoms. The maximum absolute atomic E-state index is 12.6. The standard InChI is InChI=1S/C10H9F4N3O2/c11-7(12)10(13,14)8(18)16-5-1-3-6(4-2-5)17-9(15)19/h1-4,7H,(H,16,18)(H3,15,17,19). The second kappa shape index (κ2) is 5.55. The Hall–Kier alpha value is -2.32. The summed E-state index contributed by atoms with van der Waals surface area (Å²) >= 11 is 0. The zero-order valence-electron chi connectivity index (χ0n) is 9.29. The molecule has 0 aliphatic rings. The second-order valence-corrected chi connectivity index (χ2v) is 3.44. The number of hydrogen-bond donors (Lipinski definition) is 3. The minimum absolute atomic E-state index is 0.125. The molecule has 1 aromatic carbocycles. The minimum Gasteiger partial charge on any atom is -0.351 e. The number of amides is 3. The van der Waals surface area contributed by atoms with Gasteiger partial charge >= 0.3 is 24.3 Å².